The molecule has 122 valence electrons. The Morgan fingerprint density at radius 1 is 1.45 bits per heavy atom. The van der Waals surface area contributed by atoms with Gasteiger partial charge in [-0.25, -0.2) is 0 Å². The van der Waals surface area contributed by atoms with Crippen molar-refractivity contribution in [2.24, 2.45) is 5.41 Å². The Morgan fingerprint density at radius 3 is 2.55 bits per heavy atom. The maximum Gasteiger partial charge on any atom is 0.311 e. The number of nitro groups is 1. The summed E-state index contributed by atoms with van der Waals surface area (Å²) < 4.78 is 1.31. The third kappa shape index (κ3) is 4.27. The molecule has 0 fully saturated rings. The number of carbonyl (C=O) groups is 2. The molecule has 0 aliphatic carbocycles. The van der Waals surface area contributed by atoms with Crippen LogP contribution in [0.15, 0.2) is 12.4 Å². The summed E-state index contributed by atoms with van der Waals surface area (Å²) in [4.78, 5) is 33.0. The molecule has 9 heteroatoms. The Bertz CT molecular complexity index is 550. The lowest BCUT2D eigenvalue weighted by molar-refractivity contribution is -0.385. The molecule has 2 N–H and O–H groups in total. The zero-order chi connectivity index (χ0) is 16.8. The first-order valence-corrected chi connectivity index (χ1v) is 7.01. The van der Waals surface area contributed by atoms with Gasteiger partial charge in [-0.15, -0.1) is 0 Å². The summed E-state index contributed by atoms with van der Waals surface area (Å²) in [5.41, 5.74) is -1.09. The van der Waals surface area contributed by atoms with Gasteiger partial charge in [0.2, 0.25) is 5.91 Å². The first kappa shape index (κ1) is 17.6. The highest BCUT2D eigenvalue weighted by Crippen LogP contribution is 2.25. The van der Waals surface area contributed by atoms with E-state index in [0.29, 0.717) is 12.8 Å². The number of amides is 1. The number of rotatable bonds is 9. The fourth-order valence-electron chi connectivity index (χ4n) is 2.02. The predicted molar refractivity (Wildman–Crippen MR) is 77.2 cm³/mol. The van der Waals surface area contributed by atoms with Gasteiger partial charge in [0.1, 0.15) is 12.4 Å². The van der Waals surface area contributed by atoms with Crippen LogP contribution < -0.4 is 5.32 Å². The van der Waals surface area contributed by atoms with E-state index in [1.165, 1.54) is 10.9 Å². The first-order valence-electron chi connectivity index (χ1n) is 7.01. The quantitative estimate of drug-likeness (QED) is 0.520. The van der Waals surface area contributed by atoms with Crippen LogP contribution >= 0.6 is 0 Å². The number of hydrogen-bond donors (Lipinski definition) is 2. The number of carboxylic acids is 1. The fourth-order valence-corrected chi connectivity index (χ4v) is 2.02. The van der Waals surface area contributed by atoms with Crippen molar-refractivity contribution in [1.82, 2.24) is 15.1 Å². The minimum absolute atomic E-state index is 0.0629. The van der Waals surface area contributed by atoms with Crippen LogP contribution in [0.5, 0.6) is 0 Å². The molecule has 1 aromatic heterocycles. The molecule has 0 saturated carbocycles. The van der Waals surface area contributed by atoms with Gasteiger partial charge in [-0.1, -0.05) is 13.8 Å². The standard InChI is InChI=1S/C13H20N4O5/c1-3-13(4-2,12(19)20)9-14-11(18)5-6-16-8-10(7-15-16)17(21)22/h7-8H,3-6,9H2,1-2H3,(H,14,18)(H,19,20). The molecule has 22 heavy (non-hydrogen) atoms. The van der Waals surface area contributed by atoms with E-state index in [2.05, 4.69) is 10.4 Å². The fraction of sp³-hybridized carbons (Fsp3) is 0.615. The average molecular weight is 312 g/mol. The highest BCUT2D eigenvalue weighted by atomic mass is 16.6. The van der Waals surface area contributed by atoms with Crippen molar-refractivity contribution < 1.29 is 19.6 Å². The minimum atomic E-state index is -0.958. The van der Waals surface area contributed by atoms with Crippen molar-refractivity contribution in [3.8, 4) is 0 Å². The summed E-state index contributed by atoms with van der Waals surface area (Å²) in [5.74, 6) is -1.24. The van der Waals surface area contributed by atoms with Crippen LogP contribution in [0.25, 0.3) is 0 Å². The van der Waals surface area contributed by atoms with Gasteiger partial charge >= 0.3 is 11.7 Å². The lowest BCUT2D eigenvalue weighted by Gasteiger charge is -2.26. The van der Waals surface area contributed by atoms with Crippen molar-refractivity contribution in [2.75, 3.05) is 6.54 Å². The monoisotopic (exact) mass is 312 g/mol. The van der Waals surface area contributed by atoms with Crippen LogP contribution in [0.2, 0.25) is 0 Å². The molecule has 0 unspecified atom stereocenters. The predicted octanol–water partition coefficient (Wildman–Crippen LogP) is 1.19. The number of hydrogen-bond acceptors (Lipinski definition) is 5. The van der Waals surface area contributed by atoms with Crippen LogP contribution in [-0.4, -0.2) is 38.2 Å². The van der Waals surface area contributed by atoms with Gasteiger partial charge in [0, 0.05) is 19.5 Å². The summed E-state index contributed by atoms with van der Waals surface area (Å²) in [6.45, 7) is 3.80. The highest BCUT2D eigenvalue weighted by Gasteiger charge is 2.35. The van der Waals surface area contributed by atoms with Crippen LogP contribution in [-0.2, 0) is 16.1 Å². The Morgan fingerprint density at radius 2 is 2.09 bits per heavy atom. The minimum Gasteiger partial charge on any atom is -0.481 e. The number of carbonyl (C=O) groups excluding carboxylic acids is 1. The molecule has 1 heterocycles. The van der Waals surface area contributed by atoms with E-state index in [1.807, 2.05) is 0 Å². The zero-order valence-electron chi connectivity index (χ0n) is 12.6. The van der Waals surface area contributed by atoms with E-state index in [-0.39, 0.29) is 31.1 Å². The molecular formula is C13H20N4O5. The average Bonchev–Trinajstić information content (AvgIpc) is 2.95. The Balaban J connectivity index is 2.49. The molecule has 0 saturated heterocycles. The second-order valence-electron chi connectivity index (χ2n) is 5.04. The highest BCUT2D eigenvalue weighted by molar-refractivity contribution is 5.79. The summed E-state index contributed by atoms with van der Waals surface area (Å²) in [7, 11) is 0. The van der Waals surface area contributed by atoms with Gasteiger partial charge in [0.05, 0.1) is 10.3 Å². The molecule has 0 spiro atoms. The van der Waals surface area contributed by atoms with Gasteiger partial charge in [0.15, 0.2) is 0 Å². The molecule has 0 bridgehead atoms. The largest absolute Gasteiger partial charge is 0.481 e. The first-order chi connectivity index (χ1) is 10.3. The normalized spacial score (nSPS) is 11.2. The molecule has 0 radical (unpaired) electrons. The van der Waals surface area contributed by atoms with Gasteiger partial charge < -0.3 is 10.4 Å². The van der Waals surface area contributed by atoms with E-state index in [9.17, 15) is 24.8 Å². The SMILES string of the molecule is CCC(CC)(CNC(=O)CCn1cc([N+](=O)[O-])cn1)C(=O)O. The number of aromatic nitrogens is 2. The molecule has 9 nitrogen and oxygen atoms in total. The lowest BCUT2D eigenvalue weighted by atomic mass is 9.82. The van der Waals surface area contributed by atoms with Gasteiger partial charge in [-0.3, -0.25) is 24.4 Å². The molecule has 0 atom stereocenters. The molecule has 0 aliphatic heterocycles. The van der Waals surface area contributed by atoms with Crippen molar-refractivity contribution >= 4 is 17.6 Å². The van der Waals surface area contributed by atoms with E-state index >= 15 is 0 Å². The smallest absolute Gasteiger partial charge is 0.311 e. The second kappa shape index (κ2) is 7.53. The van der Waals surface area contributed by atoms with E-state index < -0.39 is 16.3 Å². The van der Waals surface area contributed by atoms with Gasteiger partial charge in [-0.05, 0) is 12.8 Å². The van der Waals surface area contributed by atoms with Crippen LogP contribution in [0.3, 0.4) is 0 Å². The summed E-state index contributed by atoms with van der Waals surface area (Å²) in [5, 5.41) is 26.2. The Kier molecular flexibility index (Phi) is 6.02. The molecule has 0 aromatic carbocycles. The third-order valence-electron chi connectivity index (χ3n) is 3.83. The Hall–Kier alpha value is -2.45. The van der Waals surface area contributed by atoms with Crippen molar-refractivity contribution in [1.29, 1.82) is 0 Å². The lowest BCUT2D eigenvalue weighted by Crippen LogP contribution is -2.42. The van der Waals surface area contributed by atoms with Crippen molar-refractivity contribution in [3.63, 3.8) is 0 Å². The van der Waals surface area contributed by atoms with Crippen LogP contribution in [0.1, 0.15) is 33.1 Å². The summed E-state index contributed by atoms with van der Waals surface area (Å²) in [6.07, 6.45) is 3.27. The number of nitrogens with one attached hydrogen (secondary N) is 1. The van der Waals surface area contributed by atoms with E-state index in [4.69, 9.17) is 0 Å². The summed E-state index contributed by atoms with van der Waals surface area (Å²) >= 11 is 0. The van der Waals surface area contributed by atoms with Crippen LogP contribution in [0, 0.1) is 15.5 Å². The van der Waals surface area contributed by atoms with E-state index in [1.54, 1.807) is 13.8 Å². The number of carboxylic acid groups (broad SMARTS) is 1. The molecular weight excluding hydrogens is 292 g/mol. The molecule has 1 rings (SSSR count). The van der Waals surface area contributed by atoms with Gasteiger partial charge in [-0.2, -0.15) is 5.10 Å². The second-order valence-corrected chi connectivity index (χ2v) is 5.04. The maximum absolute atomic E-state index is 11.8. The zero-order valence-corrected chi connectivity index (χ0v) is 12.6. The number of aryl methyl sites for hydroxylation is 1. The number of aliphatic carboxylic acids is 1. The third-order valence-corrected chi connectivity index (χ3v) is 3.83. The molecule has 1 aromatic rings. The molecule has 1 amide bonds. The topological polar surface area (TPSA) is 127 Å². The summed E-state index contributed by atoms with van der Waals surface area (Å²) in [6, 6.07) is 0. The van der Waals surface area contributed by atoms with Crippen molar-refractivity contribution in [2.45, 2.75) is 39.7 Å². The van der Waals surface area contributed by atoms with E-state index in [0.717, 1.165) is 6.20 Å². The number of nitrogens with zero attached hydrogens (tertiary/aromatic N) is 3. The van der Waals surface area contributed by atoms with Crippen molar-refractivity contribution in [3.05, 3.63) is 22.5 Å². The van der Waals surface area contributed by atoms with Crippen LogP contribution in [0.4, 0.5) is 5.69 Å². The maximum atomic E-state index is 11.8. The Labute approximate surface area is 127 Å². The molecule has 0 aliphatic rings. The van der Waals surface area contributed by atoms with Gasteiger partial charge in [0.25, 0.3) is 0 Å².